The summed E-state index contributed by atoms with van der Waals surface area (Å²) in [5.41, 5.74) is 9.36. The number of rotatable bonds is 6. The van der Waals surface area contributed by atoms with E-state index in [-0.39, 0.29) is 23.9 Å². The van der Waals surface area contributed by atoms with Crippen LogP contribution in [0.25, 0.3) is 16.6 Å². The van der Waals surface area contributed by atoms with E-state index in [1.54, 1.807) is 6.21 Å². The molecule has 146 valence electrons. The molecule has 0 unspecified atom stereocenters. The zero-order valence-corrected chi connectivity index (χ0v) is 15.3. The van der Waals surface area contributed by atoms with Gasteiger partial charge in [0, 0.05) is 12.7 Å². The van der Waals surface area contributed by atoms with Crippen molar-refractivity contribution < 1.29 is 14.2 Å². The van der Waals surface area contributed by atoms with Crippen LogP contribution in [0.4, 0.5) is 5.82 Å². The average molecular weight is 392 g/mol. The maximum absolute atomic E-state index is 12.6. The van der Waals surface area contributed by atoms with Crippen LogP contribution in [0, 0.1) is 0 Å². The number of hydrogen-bond acceptors (Lipinski definition) is 9. The fourth-order valence-corrected chi connectivity index (χ4v) is 2.83. The zero-order valence-electron chi connectivity index (χ0n) is 15.3. The SMILES string of the molecule is COCc1c(C(=O)N/N=C/c2cccc3ccccc23)nnn1-c1nonc1N. The summed E-state index contributed by atoms with van der Waals surface area (Å²) < 4.78 is 10.9. The summed E-state index contributed by atoms with van der Waals surface area (Å²) >= 11 is 0. The number of hydrogen-bond donors (Lipinski definition) is 2. The number of hydrazone groups is 1. The highest BCUT2D eigenvalue weighted by molar-refractivity contribution is 6.00. The number of benzene rings is 2. The molecule has 0 fully saturated rings. The molecule has 0 bridgehead atoms. The fourth-order valence-electron chi connectivity index (χ4n) is 2.83. The monoisotopic (exact) mass is 392 g/mol. The summed E-state index contributed by atoms with van der Waals surface area (Å²) in [4.78, 5) is 12.6. The number of carbonyl (C=O) groups is 1. The predicted molar refractivity (Wildman–Crippen MR) is 103 cm³/mol. The molecule has 0 aliphatic carbocycles. The van der Waals surface area contributed by atoms with Crippen molar-refractivity contribution >= 4 is 28.7 Å². The van der Waals surface area contributed by atoms with Gasteiger partial charge in [0.05, 0.1) is 12.8 Å². The molecule has 11 heteroatoms. The first-order valence-electron chi connectivity index (χ1n) is 8.52. The molecule has 4 rings (SSSR count). The Morgan fingerprint density at radius 1 is 1.28 bits per heavy atom. The maximum Gasteiger partial charge on any atom is 0.293 e. The molecule has 0 aliphatic rings. The Morgan fingerprint density at radius 2 is 2.10 bits per heavy atom. The van der Waals surface area contributed by atoms with Crippen molar-refractivity contribution in [3.8, 4) is 5.82 Å². The molecule has 2 aromatic carbocycles. The molecule has 2 heterocycles. The lowest BCUT2D eigenvalue weighted by Crippen LogP contribution is -2.20. The van der Waals surface area contributed by atoms with Gasteiger partial charge in [0.1, 0.15) is 5.69 Å². The third kappa shape index (κ3) is 3.53. The zero-order chi connectivity index (χ0) is 20.2. The van der Waals surface area contributed by atoms with E-state index in [4.69, 9.17) is 10.5 Å². The van der Waals surface area contributed by atoms with E-state index in [0.29, 0.717) is 5.69 Å². The molecule has 29 heavy (non-hydrogen) atoms. The van der Waals surface area contributed by atoms with Crippen LogP contribution in [0.2, 0.25) is 0 Å². The third-order valence-corrected chi connectivity index (χ3v) is 4.15. The lowest BCUT2D eigenvalue weighted by atomic mass is 10.1. The van der Waals surface area contributed by atoms with Crippen molar-refractivity contribution in [1.82, 2.24) is 30.7 Å². The Labute approximate surface area is 164 Å². The van der Waals surface area contributed by atoms with Crippen molar-refractivity contribution in [3.05, 3.63) is 59.4 Å². The maximum atomic E-state index is 12.6. The Balaban J connectivity index is 1.58. The van der Waals surface area contributed by atoms with Crippen LogP contribution in [-0.4, -0.2) is 44.5 Å². The summed E-state index contributed by atoms with van der Waals surface area (Å²) in [6, 6.07) is 13.7. The highest BCUT2D eigenvalue weighted by Gasteiger charge is 2.23. The standard InChI is InChI=1S/C18H16N8O3/c1-28-10-14-15(21-25-26(14)17-16(19)23-29-24-17)18(27)22-20-9-12-7-4-6-11-5-2-3-8-13(11)12/h2-9H,10H2,1H3,(H2,19,23)(H,22,27)/b20-9+. The van der Waals surface area contributed by atoms with Crippen LogP contribution in [0.5, 0.6) is 0 Å². The third-order valence-electron chi connectivity index (χ3n) is 4.15. The van der Waals surface area contributed by atoms with Gasteiger partial charge in [-0.2, -0.15) is 9.78 Å². The van der Waals surface area contributed by atoms with E-state index in [1.165, 1.54) is 11.8 Å². The van der Waals surface area contributed by atoms with Crippen molar-refractivity contribution in [2.24, 2.45) is 5.10 Å². The molecule has 0 atom stereocenters. The van der Waals surface area contributed by atoms with Gasteiger partial charge < -0.3 is 10.5 Å². The molecule has 0 radical (unpaired) electrons. The number of ether oxygens (including phenoxy) is 1. The van der Waals surface area contributed by atoms with Gasteiger partial charge >= 0.3 is 0 Å². The highest BCUT2D eigenvalue weighted by Crippen LogP contribution is 2.18. The topological polar surface area (TPSA) is 146 Å². The molecule has 2 aromatic heterocycles. The summed E-state index contributed by atoms with van der Waals surface area (Å²) in [6.07, 6.45) is 1.57. The van der Waals surface area contributed by atoms with Gasteiger partial charge in [-0.15, -0.1) is 5.10 Å². The number of nitrogens with two attached hydrogens (primary N) is 1. The van der Waals surface area contributed by atoms with Gasteiger partial charge in [-0.1, -0.05) is 47.7 Å². The Kier molecular flexibility index (Phi) is 4.95. The molecular weight excluding hydrogens is 376 g/mol. The number of fused-ring (bicyclic) bond motifs is 1. The lowest BCUT2D eigenvalue weighted by molar-refractivity contribution is 0.0944. The highest BCUT2D eigenvalue weighted by atomic mass is 16.6. The van der Waals surface area contributed by atoms with Crippen molar-refractivity contribution in [2.45, 2.75) is 6.61 Å². The van der Waals surface area contributed by atoms with Gasteiger partial charge in [0.2, 0.25) is 11.6 Å². The Morgan fingerprint density at radius 3 is 2.90 bits per heavy atom. The van der Waals surface area contributed by atoms with E-state index in [0.717, 1.165) is 16.3 Å². The first-order chi connectivity index (χ1) is 14.2. The predicted octanol–water partition coefficient (Wildman–Crippen LogP) is 1.30. The molecule has 1 amide bonds. The van der Waals surface area contributed by atoms with Crippen LogP contribution in [0.3, 0.4) is 0 Å². The van der Waals surface area contributed by atoms with E-state index in [1.807, 2.05) is 42.5 Å². The second-order valence-corrected chi connectivity index (χ2v) is 5.97. The van der Waals surface area contributed by atoms with E-state index in [2.05, 4.69) is 35.8 Å². The Bertz CT molecular complexity index is 1190. The first-order valence-corrected chi connectivity index (χ1v) is 8.52. The van der Waals surface area contributed by atoms with E-state index < -0.39 is 5.91 Å². The largest absolute Gasteiger partial charge is 0.378 e. The molecule has 0 aliphatic heterocycles. The van der Waals surface area contributed by atoms with Crippen LogP contribution in [0.1, 0.15) is 21.7 Å². The summed E-state index contributed by atoms with van der Waals surface area (Å²) in [7, 11) is 1.47. The molecule has 11 nitrogen and oxygen atoms in total. The van der Waals surface area contributed by atoms with Gasteiger partial charge in [0.15, 0.2) is 5.69 Å². The summed E-state index contributed by atoms with van der Waals surface area (Å²) in [5.74, 6) is -0.439. The number of nitrogens with one attached hydrogen (secondary N) is 1. The van der Waals surface area contributed by atoms with Crippen LogP contribution >= 0.6 is 0 Å². The van der Waals surface area contributed by atoms with E-state index >= 15 is 0 Å². The second-order valence-electron chi connectivity index (χ2n) is 5.97. The summed E-state index contributed by atoms with van der Waals surface area (Å²) in [5, 5.41) is 21.1. The Hall–Kier alpha value is -4.12. The van der Waals surface area contributed by atoms with Crippen molar-refractivity contribution in [2.75, 3.05) is 12.8 Å². The minimum absolute atomic E-state index is 0.00758. The molecule has 0 spiro atoms. The first kappa shape index (κ1) is 18.3. The van der Waals surface area contributed by atoms with Crippen molar-refractivity contribution in [1.29, 1.82) is 0 Å². The van der Waals surface area contributed by atoms with Gasteiger partial charge in [-0.3, -0.25) is 4.79 Å². The minimum Gasteiger partial charge on any atom is -0.378 e. The smallest absolute Gasteiger partial charge is 0.293 e. The van der Waals surface area contributed by atoms with Gasteiger partial charge in [0.25, 0.3) is 5.91 Å². The molecule has 4 aromatic rings. The minimum atomic E-state index is -0.560. The van der Waals surface area contributed by atoms with Gasteiger partial charge in [-0.25, -0.2) is 10.1 Å². The van der Waals surface area contributed by atoms with E-state index in [9.17, 15) is 4.79 Å². The number of anilines is 1. The number of methoxy groups -OCH3 is 1. The quantitative estimate of drug-likeness (QED) is 0.369. The normalized spacial score (nSPS) is 11.3. The number of nitrogens with zero attached hydrogens (tertiary/aromatic N) is 6. The molecule has 0 saturated heterocycles. The van der Waals surface area contributed by atoms with Crippen LogP contribution < -0.4 is 11.2 Å². The van der Waals surface area contributed by atoms with Crippen LogP contribution in [-0.2, 0) is 11.3 Å². The molecule has 3 N–H and O–H groups in total. The lowest BCUT2D eigenvalue weighted by Gasteiger charge is -2.04. The molecule has 0 saturated carbocycles. The second kappa shape index (κ2) is 7.86. The average Bonchev–Trinajstić information content (AvgIpc) is 3.34. The number of amides is 1. The molecular formula is C18H16N8O3. The van der Waals surface area contributed by atoms with Gasteiger partial charge in [-0.05, 0) is 21.1 Å². The van der Waals surface area contributed by atoms with Crippen LogP contribution in [0.15, 0.2) is 52.2 Å². The number of carbonyl (C=O) groups excluding carboxylic acids is 1. The van der Waals surface area contributed by atoms with Crippen molar-refractivity contribution in [3.63, 3.8) is 0 Å². The number of nitrogen functional groups attached to an aromatic ring is 1. The number of aromatic nitrogens is 5. The fraction of sp³-hybridized carbons (Fsp3) is 0.111. The summed E-state index contributed by atoms with van der Waals surface area (Å²) in [6.45, 7) is 0.0368.